The van der Waals surface area contributed by atoms with Crippen LogP contribution in [0.1, 0.15) is 48.0 Å². The molecule has 1 rings (SSSR count). The summed E-state index contributed by atoms with van der Waals surface area (Å²) >= 11 is 0. The van der Waals surface area contributed by atoms with Gasteiger partial charge in [0.2, 0.25) is 0 Å². The molecule has 94 valence electrons. The lowest BCUT2D eigenvalue weighted by molar-refractivity contribution is 0.237. The van der Waals surface area contributed by atoms with E-state index in [0.717, 1.165) is 12.1 Å². The van der Waals surface area contributed by atoms with E-state index in [4.69, 9.17) is 0 Å². The summed E-state index contributed by atoms with van der Waals surface area (Å²) in [7, 11) is 4.35. The molecular weight excluding hydrogens is 184 g/mol. The Morgan fingerprint density at radius 3 is 1.73 bits per heavy atom. The van der Waals surface area contributed by atoms with Crippen LogP contribution in [0.15, 0.2) is 0 Å². The smallest absolute Gasteiger partial charge is 0.0229 e. The van der Waals surface area contributed by atoms with Gasteiger partial charge in [0.1, 0.15) is 0 Å². The molecule has 1 aliphatic heterocycles. The summed E-state index contributed by atoms with van der Waals surface area (Å²) in [4.78, 5) is 4.88. The molecule has 0 amide bonds. The Bertz CT molecular complexity index is 108. The number of rotatable bonds is 2. The highest BCUT2D eigenvalue weighted by molar-refractivity contribution is 4.82. The van der Waals surface area contributed by atoms with Crippen LogP contribution in [-0.2, 0) is 0 Å². The minimum atomic E-state index is 0.722. The van der Waals surface area contributed by atoms with E-state index in [0.29, 0.717) is 0 Å². The van der Waals surface area contributed by atoms with E-state index in [-0.39, 0.29) is 0 Å². The fraction of sp³-hybridized carbons (Fsp3) is 1.00. The fourth-order valence-electron chi connectivity index (χ4n) is 1.66. The van der Waals surface area contributed by atoms with Crippen molar-refractivity contribution in [2.45, 2.75) is 60.0 Å². The molecule has 0 radical (unpaired) electrons. The SMILES string of the molecule is CC.CC.CC(C)N1CCC(N(C)C)C1. The topological polar surface area (TPSA) is 6.48 Å². The lowest BCUT2D eigenvalue weighted by Gasteiger charge is -2.22. The second-order valence-electron chi connectivity index (χ2n) is 3.99. The van der Waals surface area contributed by atoms with Crippen LogP contribution in [0.3, 0.4) is 0 Å². The molecule has 1 saturated heterocycles. The van der Waals surface area contributed by atoms with Crippen LogP contribution in [0, 0.1) is 0 Å². The van der Waals surface area contributed by atoms with Crippen LogP contribution in [-0.4, -0.2) is 49.1 Å². The maximum Gasteiger partial charge on any atom is 0.0229 e. The molecule has 0 aromatic carbocycles. The molecule has 1 fully saturated rings. The molecule has 15 heavy (non-hydrogen) atoms. The van der Waals surface area contributed by atoms with E-state index in [1.54, 1.807) is 0 Å². The third kappa shape index (κ3) is 6.91. The van der Waals surface area contributed by atoms with Gasteiger partial charge in [-0.25, -0.2) is 0 Å². The Morgan fingerprint density at radius 1 is 1.07 bits per heavy atom. The highest BCUT2D eigenvalue weighted by atomic mass is 15.2. The predicted molar refractivity (Wildman–Crippen MR) is 71.5 cm³/mol. The second-order valence-corrected chi connectivity index (χ2v) is 3.99. The summed E-state index contributed by atoms with van der Waals surface area (Å²) in [5.74, 6) is 0. The molecule has 2 heteroatoms. The standard InChI is InChI=1S/C9H20N2.2C2H6/c1-8(2)11-6-5-9(7-11)10(3)4;2*1-2/h8-9H,5-7H2,1-4H3;2*1-2H3. The van der Waals surface area contributed by atoms with Crippen molar-refractivity contribution in [2.75, 3.05) is 27.2 Å². The highest BCUT2D eigenvalue weighted by Gasteiger charge is 2.24. The molecule has 1 atom stereocenters. The monoisotopic (exact) mass is 216 g/mol. The highest BCUT2D eigenvalue weighted by Crippen LogP contribution is 2.15. The van der Waals surface area contributed by atoms with Gasteiger partial charge in [0.15, 0.2) is 0 Å². The van der Waals surface area contributed by atoms with Crippen LogP contribution in [0.5, 0.6) is 0 Å². The molecule has 1 aliphatic rings. The molecule has 0 aromatic rings. The van der Waals surface area contributed by atoms with Gasteiger partial charge < -0.3 is 4.90 Å². The first-order valence-corrected chi connectivity index (χ1v) is 6.51. The van der Waals surface area contributed by atoms with Crippen LogP contribution < -0.4 is 0 Å². The van der Waals surface area contributed by atoms with Gasteiger partial charge in [-0.3, -0.25) is 4.90 Å². The molecule has 0 aliphatic carbocycles. The van der Waals surface area contributed by atoms with Gasteiger partial charge in [0.05, 0.1) is 0 Å². The third-order valence-corrected chi connectivity index (χ3v) is 2.66. The maximum atomic E-state index is 2.55. The zero-order chi connectivity index (χ0) is 12.4. The van der Waals surface area contributed by atoms with Crippen LogP contribution in [0.4, 0.5) is 0 Å². The summed E-state index contributed by atoms with van der Waals surface area (Å²) < 4.78 is 0. The first-order chi connectivity index (χ1) is 7.11. The lowest BCUT2D eigenvalue weighted by Crippen LogP contribution is -2.34. The molecule has 0 saturated carbocycles. The van der Waals surface area contributed by atoms with E-state index in [1.807, 2.05) is 27.7 Å². The molecule has 1 heterocycles. The van der Waals surface area contributed by atoms with Gasteiger partial charge in [-0.1, -0.05) is 27.7 Å². The number of likely N-dealkylation sites (tertiary alicyclic amines) is 1. The average Bonchev–Trinajstić information content (AvgIpc) is 2.73. The van der Waals surface area contributed by atoms with Crippen molar-refractivity contribution >= 4 is 0 Å². The quantitative estimate of drug-likeness (QED) is 0.700. The van der Waals surface area contributed by atoms with Gasteiger partial charge in [-0.05, 0) is 34.4 Å². The second kappa shape index (κ2) is 10.4. The summed E-state index contributed by atoms with van der Waals surface area (Å²) in [5, 5.41) is 0. The molecule has 0 bridgehead atoms. The number of hydrogen-bond acceptors (Lipinski definition) is 2. The largest absolute Gasteiger partial charge is 0.305 e. The first kappa shape index (κ1) is 17.3. The van der Waals surface area contributed by atoms with Crippen molar-refractivity contribution in [3.05, 3.63) is 0 Å². The Kier molecular flexibility index (Phi) is 12.1. The Labute approximate surface area is 97.6 Å². The van der Waals surface area contributed by atoms with Crippen LogP contribution in [0.25, 0.3) is 0 Å². The van der Waals surface area contributed by atoms with Gasteiger partial charge in [-0.15, -0.1) is 0 Å². The van der Waals surface area contributed by atoms with Crippen LogP contribution in [0.2, 0.25) is 0 Å². The number of hydrogen-bond donors (Lipinski definition) is 0. The zero-order valence-corrected chi connectivity index (χ0v) is 12.2. The lowest BCUT2D eigenvalue weighted by atomic mass is 10.2. The van der Waals surface area contributed by atoms with E-state index < -0.39 is 0 Å². The summed E-state index contributed by atoms with van der Waals surface area (Å²) in [6.07, 6.45) is 1.34. The molecule has 1 unspecified atom stereocenters. The minimum Gasteiger partial charge on any atom is -0.305 e. The van der Waals surface area contributed by atoms with Gasteiger partial charge in [0, 0.05) is 25.2 Å². The molecule has 0 N–H and O–H groups in total. The van der Waals surface area contributed by atoms with Gasteiger partial charge in [-0.2, -0.15) is 0 Å². The molecular formula is C13H32N2. The van der Waals surface area contributed by atoms with Crippen molar-refractivity contribution < 1.29 is 0 Å². The molecule has 0 aromatic heterocycles. The van der Waals surface area contributed by atoms with Crippen molar-refractivity contribution in [1.82, 2.24) is 9.80 Å². The maximum absolute atomic E-state index is 2.55. The van der Waals surface area contributed by atoms with Crippen molar-refractivity contribution in [3.8, 4) is 0 Å². The van der Waals surface area contributed by atoms with Crippen LogP contribution >= 0.6 is 0 Å². The van der Waals surface area contributed by atoms with E-state index >= 15 is 0 Å². The summed E-state index contributed by atoms with van der Waals surface area (Å²) in [6, 6.07) is 1.51. The van der Waals surface area contributed by atoms with Crippen molar-refractivity contribution in [2.24, 2.45) is 0 Å². The fourth-order valence-corrected chi connectivity index (χ4v) is 1.66. The Balaban J connectivity index is 0. The number of nitrogens with zero attached hydrogens (tertiary/aromatic N) is 2. The summed E-state index contributed by atoms with van der Waals surface area (Å²) in [5.41, 5.74) is 0. The normalized spacial score (nSPS) is 20.8. The first-order valence-electron chi connectivity index (χ1n) is 6.51. The van der Waals surface area contributed by atoms with Gasteiger partial charge >= 0.3 is 0 Å². The minimum absolute atomic E-state index is 0.722. The van der Waals surface area contributed by atoms with Gasteiger partial charge in [0.25, 0.3) is 0 Å². The zero-order valence-electron chi connectivity index (χ0n) is 12.2. The predicted octanol–water partition coefficient (Wildman–Crippen LogP) is 3.08. The Morgan fingerprint density at radius 2 is 1.53 bits per heavy atom. The molecule has 0 spiro atoms. The van der Waals surface area contributed by atoms with Crippen molar-refractivity contribution in [3.63, 3.8) is 0 Å². The van der Waals surface area contributed by atoms with E-state index in [1.165, 1.54) is 19.5 Å². The average molecular weight is 216 g/mol. The van der Waals surface area contributed by atoms with E-state index in [9.17, 15) is 0 Å². The molecule has 2 nitrogen and oxygen atoms in total. The van der Waals surface area contributed by atoms with Crippen molar-refractivity contribution in [1.29, 1.82) is 0 Å². The number of likely N-dealkylation sites (N-methyl/N-ethyl adjacent to an activating group) is 1. The Hall–Kier alpha value is -0.0800. The summed E-state index contributed by atoms with van der Waals surface area (Å²) in [6.45, 7) is 15.1. The van der Waals surface area contributed by atoms with E-state index in [2.05, 4.69) is 37.7 Å². The third-order valence-electron chi connectivity index (χ3n) is 2.66.